The fourth-order valence-electron chi connectivity index (χ4n) is 3.96. The van der Waals surface area contributed by atoms with Crippen LogP contribution in [-0.2, 0) is 4.79 Å². The van der Waals surface area contributed by atoms with Crippen molar-refractivity contribution < 1.29 is 14.1 Å². The Kier molecular flexibility index (Phi) is 3.80. The van der Waals surface area contributed by atoms with Crippen LogP contribution in [0.5, 0.6) is 0 Å². The molecule has 2 fully saturated rings. The zero-order valence-electron chi connectivity index (χ0n) is 13.2. The van der Waals surface area contributed by atoms with Gasteiger partial charge in [0.05, 0.1) is 0 Å². The number of carbonyl (C=O) groups excluding carboxylic acids is 2. The first-order valence-electron chi connectivity index (χ1n) is 8.33. The molecule has 2 bridgehead atoms. The third-order valence-electron chi connectivity index (χ3n) is 5.18. The molecule has 2 aromatic rings. The summed E-state index contributed by atoms with van der Waals surface area (Å²) >= 11 is 0. The molecular weight excluding hydrogens is 306 g/mol. The molecule has 1 aromatic carbocycles. The van der Waals surface area contributed by atoms with Crippen molar-refractivity contribution >= 4 is 11.8 Å². The zero-order valence-corrected chi connectivity index (χ0v) is 13.2. The minimum absolute atomic E-state index is 0.0289. The monoisotopic (exact) mass is 325 g/mol. The number of carbonyl (C=O) groups is 2. The number of rotatable bonds is 3. The molecular formula is C18H19N3O3. The number of fused-ring (bicyclic) bond motifs is 2. The molecule has 2 N–H and O–H groups in total. The van der Waals surface area contributed by atoms with Gasteiger partial charge in [0.2, 0.25) is 5.91 Å². The third-order valence-corrected chi connectivity index (χ3v) is 5.18. The average molecular weight is 325 g/mol. The van der Waals surface area contributed by atoms with E-state index in [0.717, 1.165) is 24.8 Å². The summed E-state index contributed by atoms with van der Waals surface area (Å²) in [6.07, 6.45) is 4.45. The normalized spacial score (nSPS) is 24.8. The standard InChI is InChI=1S/C18H19N3O3/c22-17(14-9-11-6-7-13(14)8-11)19-20-18(23)15-10-16(24-21-15)12-4-2-1-3-5-12/h1-5,10-11,13-14H,6-9H2,(H,19,22)(H,20,23)/t11-,13-,14+/m0/s1. The maximum Gasteiger partial charge on any atom is 0.291 e. The first-order valence-corrected chi connectivity index (χ1v) is 8.33. The lowest BCUT2D eigenvalue weighted by molar-refractivity contribution is -0.127. The van der Waals surface area contributed by atoms with Crippen molar-refractivity contribution in [3.05, 3.63) is 42.1 Å². The Labute approximate surface area is 139 Å². The highest BCUT2D eigenvalue weighted by atomic mass is 16.5. The SMILES string of the molecule is O=C(NNC(=O)[C@@H]1C[C@H]2CC[C@H]1C2)c1cc(-c2ccccc2)on1. The van der Waals surface area contributed by atoms with Gasteiger partial charge in [0.15, 0.2) is 11.5 Å². The Balaban J connectivity index is 1.35. The van der Waals surface area contributed by atoms with Crippen molar-refractivity contribution in [1.29, 1.82) is 0 Å². The molecule has 2 saturated carbocycles. The lowest BCUT2D eigenvalue weighted by atomic mass is 9.88. The highest BCUT2D eigenvalue weighted by Crippen LogP contribution is 2.48. The van der Waals surface area contributed by atoms with Gasteiger partial charge in [-0.1, -0.05) is 41.9 Å². The number of hydrogen-bond acceptors (Lipinski definition) is 4. The molecule has 0 radical (unpaired) electrons. The van der Waals surface area contributed by atoms with Gasteiger partial charge < -0.3 is 4.52 Å². The van der Waals surface area contributed by atoms with E-state index in [0.29, 0.717) is 17.6 Å². The van der Waals surface area contributed by atoms with E-state index in [1.54, 1.807) is 6.07 Å². The largest absolute Gasteiger partial charge is 0.355 e. The van der Waals surface area contributed by atoms with Gasteiger partial charge in [-0.05, 0) is 31.1 Å². The Morgan fingerprint density at radius 1 is 1.08 bits per heavy atom. The van der Waals surface area contributed by atoms with Crippen LogP contribution in [-0.4, -0.2) is 17.0 Å². The average Bonchev–Trinajstić information content (AvgIpc) is 3.36. The predicted octanol–water partition coefficient (Wildman–Crippen LogP) is 2.54. The van der Waals surface area contributed by atoms with Crippen LogP contribution in [0.4, 0.5) is 0 Å². The lowest BCUT2D eigenvalue weighted by Crippen LogP contribution is -2.45. The summed E-state index contributed by atoms with van der Waals surface area (Å²) in [5.41, 5.74) is 5.96. The van der Waals surface area contributed by atoms with E-state index in [1.807, 2.05) is 30.3 Å². The molecule has 0 aliphatic heterocycles. The molecule has 6 nitrogen and oxygen atoms in total. The molecule has 6 heteroatoms. The summed E-state index contributed by atoms with van der Waals surface area (Å²) in [7, 11) is 0. The van der Waals surface area contributed by atoms with Crippen molar-refractivity contribution in [1.82, 2.24) is 16.0 Å². The van der Waals surface area contributed by atoms with E-state index < -0.39 is 5.91 Å². The first-order chi connectivity index (χ1) is 11.7. The number of amides is 2. The van der Waals surface area contributed by atoms with Crippen LogP contribution in [0.1, 0.15) is 36.2 Å². The molecule has 3 atom stereocenters. The van der Waals surface area contributed by atoms with E-state index in [9.17, 15) is 9.59 Å². The fourth-order valence-corrected chi connectivity index (χ4v) is 3.96. The summed E-state index contributed by atoms with van der Waals surface area (Å²) in [6, 6.07) is 11.0. The number of nitrogens with one attached hydrogen (secondary N) is 2. The van der Waals surface area contributed by atoms with Gasteiger partial charge in [-0.2, -0.15) is 0 Å². The number of nitrogens with zero attached hydrogens (tertiary/aromatic N) is 1. The second-order valence-corrected chi connectivity index (χ2v) is 6.67. The van der Waals surface area contributed by atoms with Crippen LogP contribution in [0.2, 0.25) is 0 Å². The molecule has 24 heavy (non-hydrogen) atoms. The van der Waals surface area contributed by atoms with Crippen LogP contribution in [0.25, 0.3) is 11.3 Å². The molecule has 124 valence electrons. The van der Waals surface area contributed by atoms with Gasteiger partial charge in [-0.25, -0.2) is 0 Å². The number of hydrazine groups is 1. The number of aromatic nitrogens is 1. The second-order valence-electron chi connectivity index (χ2n) is 6.67. The Bertz CT molecular complexity index is 756. The molecule has 0 saturated heterocycles. The van der Waals surface area contributed by atoms with Crippen LogP contribution in [0, 0.1) is 17.8 Å². The Morgan fingerprint density at radius 3 is 2.62 bits per heavy atom. The van der Waals surface area contributed by atoms with Gasteiger partial charge in [-0.15, -0.1) is 0 Å². The maximum absolute atomic E-state index is 12.2. The Hall–Kier alpha value is -2.63. The van der Waals surface area contributed by atoms with Crippen LogP contribution in [0.3, 0.4) is 0 Å². The quantitative estimate of drug-likeness (QED) is 0.849. The summed E-state index contributed by atoms with van der Waals surface area (Å²) in [5.74, 6) is 1.13. The van der Waals surface area contributed by atoms with Crippen molar-refractivity contribution in [2.45, 2.75) is 25.7 Å². The minimum Gasteiger partial charge on any atom is -0.355 e. The van der Waals surface area contributed by atoms with E-state index in [1.165, 1.54) is 6.42 Å². The van der Waals surface area contributed by atoms with Gasteiger partial charge in [-0.3, -0.25) is 20.4 Å². The minimum atomic E-state index is -0.475. The summed E-state index contributed by atoms with van der Waals surface area (Å²) in [6.45, 7) is 0. The van der Waals surface area contributed by atoms with E-state index >= 15 is 0 Å². The predicted molar refractivity (Wildman–Crippen MR) is 86.5 cm³/mol. The van der Waals surface area contributed by atoms with E-state index in [2.05, 4.69) is 16.0 Å². The molecule has 2 aliphatic carbocycles. The summed E-state index contributed by atoms with van der Waals surface area (Å²) in [4.78, 5) is 24.3. The van der Waals surface area contributed by atoms with E-state index in [-0.39, 0.29) is 17.5 Å². The third kappa shape index (κ3) is 2.79. The van der Waals surface area contributed by atoms with Crippen LogP contribution < -0.4 is 10.9 Å². The Morgan fingerprint density at radius 2 is 1.92 bits per heavy atom. The van der Waals surface area contributed by atoms with Crippen LogP contribution >= 0.6 is 0 Å². The smallest absolute Gasteiger partial charge is 0.291 e. The fraction of sp³-hybridized carbons (Fsp3) is 0.389. The highest BCUT2D eigenvalue weighted by Gasteiger charge is 2.43. The van der Waals surface area contributed by atoms with Gasteiger partial charge in [0, 0.05) is 17.5 Å². The van der Waals surface area contributed by atoms with Gasteiger partial charge in [0.1, 0.15) is 0 Å². The summed E-state index contributed by atoms with van der Waals surface area (Å²) in [5, 5.41) is 3.77. The summed E-state index contributed by atoms with van der Waals surface area (Å²) < 4.78 is 5.20. The van der Waals surface area contributed by atoms with Gasteiger partial charge in [0.25, 0.3) is 5.91 Å². The van der Waals surface area contributed by atoms with Crippen molar-refractivity contribution in [3.63, 3.8) is 0 Å². The molecule has 0 spiro atoms. The van der Waals surface area contributed by atoms with Gasteiger partial charge >= 0.3 is 0 Å². The molecule has 1 heterocycles. The zero-order chi connectivity index (χ0) is 16.5. The van der Waals surface area contributed by atoms with E-state index in [4.69, 9.17) is 4.52 Å². The van der Waals surface area contributed by atoms with Crippen molar-refractivity contribution in [2.75, 3.05) is 0 Å². The lowest BCUT2D eigenvalue weighted by Gasteiger charge is -2.20. The highest BCUT2D eigenvalue weighted by molar-refractivity contribution is 5.94. The maximum atomic E-state index is 12.2. The second kappa shape index (κ2) is 6.11. The molecule has 0 unspecified atom stereocenters. The van der Waals surface area contributed by atoms with Crippen LogP contribution in [0.15, 0.2) is 40.9 Å². The van der Waals surface area contributed by atoms with Crippen molar-refractivity contribution in [2.24, 2.45) is 17.8 Å². The topological polar surface area (TPSA) is 84.2 Å². The van der Waals surface area contributed by atoms with Crippen molar-refractivity contribution in [3.8, 4) is 11.3 Å². The molecule has 4 rings (SSSR count). The molecule has 1 aromatic heterocycles. The number of hydrogen-bond donors (Lipinski definition) is 2. The first kappa shape index (κ1) is 14.9. The number of benzene rings is 1. The molecule has 2 aliphatic rings. The molecule has 2 amide bonds.